The first-order valence-electron chi connectivity index (χ1n) is 12.1. The van der Waals surface area contributed by atoms with Crippen LogP contribution in [-0.2, 0) is 16.1 Å². The Balaban J connectivity index is 1.44. The number of amides is 1. The maximum atomic E-state index is 13.7. The fourth-order valence-corrected chi connectivity index (χ4v) is 4.89. The summed E-state index contributed by atoms with van der Waals surface area (Å²) >= 11 is 3.42. The number of hydrogen-bond donors (Lipinski definition) is 1. The first-order chi connectivity index (χ1) is 18.4. The lowest BCUT2D eigenvalue weighted by molar-refractivity contribution is -0.130. The van der Waals surface area contributed by atoms with Gasteiger partial charge in [0.2, 0.25) is 5.78 Å². The van der Waals surface area contributed by atoms with Gasteiger partial charge < -0.3 is 23.9 Å². The number of benzene rings is 3. The van der Waals surface area contributed by atoms with E-state index in [1.165, 1.54) is 17.6 Å². The molecule has 5 rings (SSSR count). The molecule has 7 nitrogen and oxygen atoms in total. The third kappa shape index (κ3) is 5.10. The first-order valence-corrected chi connectivity index (χ1v) is 12.9. The fourth-order valence-electron chi connectivity index (χ4n) is 4.51. The van der Waals surface area contributed by atoms with E-state index in [2.05, 4.69) is 15.9 Å². The number of methoxy groups -OCH3 is 1. The Bertz CT molecular complexity index is 1520. The van der Waals surface area contributed by atoms with Crippen LogP contribution < -0.4 is 4.74 Å². The lowest BCUT2D eigenvalue weighted by atomic mass is 9.95. The minimum Gasteiger partial charge on any atom is -0.503 e. The molecule has 1 aliphatic heterocycles. The lowest BCUT2D eigenvalue weighted by Crippen LogP contribution is -2.33. The number of Topliss-reactive ketones (excluding diaryl/α,β-unsaturated/α-hetero) is 1. The van der Waals surface area contributed by atoms with Gasteiger partial charge in [-0.1, -0.05) is 57.9 Å². The number of hydrogen-bond acceptors (Lipinski definition) is 6. The van der Waals surface area contributed by atoms with Gasteiger partial charge in [0.15, 0.2) is 11.5 Å². The SMILES string of the molecule is COCCN1C(=O)C(O)=C(C(=O)c2cc3cc(Br)ccc3o2)C1c1ccc(OCc2ccc(C)cc2)cc1. The summed E-state index contributed by atoms with van der Waals surface area (Å²) in [6, 6.07) is 21.5. The van der Waals surface area contributed by atoms with Crippen molar-refractivity contribution in [3.05, 3.63) is 111 Å². The van der Waals surface area contributed by atoms with E-state index in [1.807, 2.05) is 43.3 Å². The zero-order valence-corrected chi connectivity index (χ0v) is 22.5. The summed E-state index contributed by atoms with van der Waals surface area (Å²) in [5.41, 5.74) is 3.38. The lowest BCUT2D eigenvalue weighted by Gasteiger charge is -2.26. The van der Waals surface area contributed by atoms with Crippen molar-refractivity contribution in [2.45, 2.75) is 19.6 Å². The zero-order chi connectivity index (χ0) is 26.8. The number of aliphatic hydroxyl groups is 1. The molecule has 1 aromatic heterocycles. The van der Waals surface area contributed by atoms with E-state index in [0.29, 0.717) is 23.5 Å². The number of carbonyl (C=O) groups is 2. The number of ether oxygens (including phenoxy) is 2. The molecule has 0 spiro atoms. The summed E-state index contributed by atoms with van der Waals surface area (Å²) in [7, 11) is 1.53. The average Bonchev–Trinajstić information content (AvgIpc) is 3.45. The molecule has 38 heavy (non-hydrogen) atoms. The van der Waals surface area contributed by atoms with Crippen molar-refractivity contribution in [3.63, 3.8) is 0 Å². The topological polar surface area (TPSA) is 89.2 Å². The molecule has 0 aliphatic carbocycles. The predicted octanol–water partition coefficient (Wildman–Crippen LogP) is 6.31. The van der Waals surface area contributed by atoms with Crippen LogP contribution in [0, 0.1) is 6.92 Å². The Labute approximate surface area is 228 Å². The third-order valence-corrected chi connectivity index (χ3v) is 7.00. The zero-order valence-electron chi connectivity index (χ0n) is 20.9. The van der Waals surface area contributed by atoms with Gasteiger partial charge in [-0.25, -0.2) is 0 Å². The Morgan fingerprint density at radius 1 is 1.05 bits per heavy atom. The Morgan fingerprint density at radius 3 is 2.50 bits per heavy atom. The van der Waals surface area contributed by atoms with Gasteiger partial charge in [-0.2, -0.15) is 0 Å². The molecule has 2 heterocycles. The number of furan rings is 1. The van der Waals surface area contributed by atoms with Gasteiger partial charge in [0, 0.05) is 23.5 Å². The minimum absolute atomic E-state index is 0.0300. The quantitative estimate of drug-likeness (QED) is 0.235. The predicted molar refractivity (Wildman–Crippen MR) is 146 cm³/mol. The highest BCUT2D eigenvalue weighted by Crippen LogP contribution is 2.40. The van der Waals surface area contributed by atoms with Crippen molar-refractivity contribution in [2.75, 3.05) is 20.3 Å². The van der Waals surface area contributed by atoms with E-state index in [9.17, 15) is 14.7 Å². The number of aryl methyl sites for hydroxylation is 1. The van der Waals surface area contributed by atoms with E-state index in [1.54, 1.807) is 36.4 Å². The monoisotopic (exact) mass is 575 g/mol. The highest BCUT2D eigenvalue weighted by molar-refractivity contribution is 9.10. The van der Waals surface area contributed by atoms with Crippen LogP contribution in [0.4, 0.5) is 0 Å². The normalized spacial score (nSPS) is 15.5. The third-order valence-electron chi connectivity index (χ3n) is 6.51. The van der Waals surface area contributed by atoms with Gasteiger partial charge in [0.1, 0.15) is 17.9 Å². The molecule has 0 saturated heterocycles. The summed E-state index contributed by atoms with van der Waals surface area (Å²) < 4.78 is 17.7. The number of aliphatic hydroxyl groups excluding tert-OH is 1. The molecule has 0 fully saturated rings. The van der Waals surface area contributed by atoms with Crippen LogP contribution in [-0.4, -0.2) is 42.0 Å². The molecule has 1 N–H and O–H groups in total. The van der Waals surface area contributed by atoms with Crippen molar-refractivity contribution < 1.29 is 28.6 Å². The minimum atomic E-state index is -0.809. The van der Waals surface area contributed by atoms with Crippen LogP contribution in [0.2, 0.25) is 0 Å². The summed E-state index contributed by atoms with van der Waals surface area (Å²) in [6.07, 6.45) is 0. The largest absolute Gasteiger partial charge is 0.503 e. The molecular weight excluding hydrogens is 550 g/mol. The van der Waals surface area contributed by atoms with Crippen LogP contribution in [0.25, 0.3) is 11.0 Å². The Hall–Kier alpha value is -3.88. The first kappa shape index (κ1) is 25.8. The average molecular weight is 576 g/mol. The van der Waals surface area contributed by atoms with E-state index in [-0.39, 0.29) is 24.5 Å². The van der Waals surface area contributed by atoms with Gasteiger partial charge in [-0.3, -0.25) is 9.59 Å². The Kier molecular flexibility index (Phi) is 7.35. The van der Waals surface area contributed by atoms with Crippen LogP contribution in [0.1, 0.15) is 33.3 Å². The molecular formula is C30H26BrNO6. The van der Waals surface area contributed by atoms with Crippen LogP contribution >= 0.6 is 15.9 Å². The molecule has 0 radical (unpaired) electrons. The summed E-state index contributed by atoms with van der Waals surface area (Å²) in [5.74, 6) is -1.07. The smallest absolute Gasteiger partial charge is 0.290 e. The molecule has 1 amide bonds. The number of carbonyl (C=O) groups excluding carboxylic acids is 2. The van der Waals surface area contributed by atoms with Crippen molar-refractivity contribution in [2.24, 2.45) is 0 Å². The molecule has 8 heteroatoms. The number of halogens is 1. The molecule has 1 aliphatic rings. The maximum absolute atomic E-state index is 13.7. The van der Waals surface area contributed by atoms with Gasteiger partial charge in [0.25, 0.3) is 5.91 Å². The van der Waals surface area contributed by atoms with Gasteiger partial charge in [-0.05, 0) is 54.4 Å². The fraction of sp³-hybridized carbons (Fsp3) is 0.200. The number of ketones is 1. The highest BCUT2D eigenvalue weighted by Gasteiger charge is 2.44. The van der Waals surface area contributed by atoms with Gasteiger partial charge >= 0.3 is 0 Å². The molecule has 1 unspecified atom stereocenters. The summed E-state index contributed by atoms with van der Waals surface area (Å²) in [4.78, 5) is 28.1. The van der Waals surface area contributed by atoms with Gasteiger partial charge in [0.05, 0.1) is 18.2 Å². The molecule has 3 aromatic carbocycles. The van der Waals surface area contributed by atoms with Crippen LogP contribution in [0.3, 0.4) is 0 Å². The van der Waals surface area contributed by atoms with E-state index < -0.39 is 23.5 Å². The van der Waals surface area contributed by atoms with Crippen LogP contribution in [0.5, 0.6) is 5.75 Å². The molecule has 0 saturated carbocycles. The molecule has 194 valence electrons. The van der Waals surface area contributed by atoms with Crippen molar-refractivity contribution in [3.8, 4) is 5.75 Å². The number of rotatable bonds is 9. The highest BCUT2D eigenvalue weighted by atomic mass is 79.9. The van der Waals surface area contributed by atoms with Crippen molar-refractivity contribution in [1.82, 2.24) is 4.90 Å². The van der Waals surface area contributed by atoms with Crippen molar-refractivity contribution >= 4 is 38.6 Å². The summed E-state index contributed by atoms with van der Waals surface area (Å²) in [6.45, 7) is 2.88. The number of nitrogens with zero attached hydrogens (tertiary/aromatic N) is 1. The molecule has 4 aromatic rings. The molecule has 0 bridgehead atoms. The van der Waals surface area contributed by atoms with Gasteiger partial charge in [-0.15, -0.1) is 0 Å². The Morgan fingerprint density at radius 2 is 1.79 bits per heavy atom. The second kappa shape index (κ2) is 10.8. The van der Waals surface area contributed by atoms with E-state index in [0.717, 1.165) is 15.4 Å². The van der Waals surface area contributed by atoms with Crippen LogP contribution in [0.15, 0.2) is 93.0 Å². The number of fused-ring (bicyclic) bond motifs is 1. The second-order valence-corrected chi connectivity index (χ2v) is 10.0. The maximum Gasteiger partial charge on any atom is 0.290 e. The molecule has 1 atom stereocenters. The second-order valence-electron chi connectivity index (χ2n) is 9.12. The summed E-state index contributed by atoms with van der Waals surface area (Å²) in [5, 5.41) is 11.6. The standard InChI is InChI=1S/C30H26BrNO6/c1-18-3-5-19(6-4-18)17-37-23-10-7-20(8-11-23)27-26(29(34)30(35)32(27)13-14-36-2)28(33)25-16-21-15-22(31)9-12-24(21)38-25/h3-12,15-16,27,34H,13-14,17H2,1-2H3. The van der Waals surface area contributed by atoms with Crippen molar-refractivity contribution in [1.29, 1.82) is 0 Å². The van der Waals surface area contributed by atoms with E-state index in [4.69, 9.17) is 13.9 Å². The van der Waals surface area contributed by atoms with E-state index >= 15 is 0 Å².